The molecule has 0 radical (unpaired) electrons. The van der Waals surface area contributed by atoms with Crippen LogP contribution in [0.3, 0.4) is 0 Å². The number of halogens is 1. The summed E-state index contributed by atoms with van der Waals surface area (Å²) in [6.45, 7) is 0.309. The third-order valence-electron chi connectivity index (χ3n) is 2.02. The zero-order valence-corrected chi connectivity index (χ0v) is 8.77. The molecule has 0 aliphatic heterocycles. The lowest BCUT2D eigenvalue weighted by Gasteiger charge is -2.05. The lowest BCUT2D eigenvalue weighted by Crippen LogP contribution is -2.28. The third-order valence-corrected chi connectivity index (χ3v) is 2.02. The van der Waals surface area contributed by atoms with E-state index in [2.05, 4.69) is 26.0 Å². The Balaban J connectivity index is 1.82. The average molecular weight is 235 g/mol. The van der Waals surface area contributed by atoms with Crippen LogP contribution in [-0.4, -0.2) is 21.4 Å². The normalized spacial score (nSPS) is 9.94. The van der Waals surface area contributed by atoms with Crippen LogP contribution in [0, 0.1) is 5.82 Å². The van der Waals surface area contributed by atoms with E-state index in [4.69, 9.17) is 0 Å². The van der Waals surface area contributed by atoms with E-state index in [1.807, 2.05) is 0 Å². The molecule has 17 heavy (non-hydrogen) atoms. The second-order valence-corrected chi connectivity index (χ2v) is 3.29. The smallest absolute Gasteiger partial charge is 0.320 e. The first kappa shape index (κ1) is 11.1. The van der Waals surface area contributed by atoms with Crippen molar-refractivity contribution >= 4 is 11.8 Å². The first-order chi connectivity index (χ1) is 8.24. The van der Waals surface area contributed by atoms with Crippen LogP contribution in [0.4, 0.5) is 15.0 Å². The van der Waals surface area contributed by atoms with Gasteiger partial charge in [-0.15, -0.1) is 5.10 Å². The molecule has 3 N–H and O–H groups in total. The zero-order valence-electron chi connectivity index (χ0n) is 8.77. The van der Waals surface area contributed by atoms with E-state index in [-0.39, 0.29) is 5.82 Å². The van der Waals surface area contributed by atoms with Crippen LogP contribution in [0.25, 0.3) is 0 Å². The van der Waals surface area contributed by atoms with Gasteiger partial charge in [-0.2, -0.15) is 10.3 Å². The minimum atomic E-state index is -0.400. The Bertz CT molecular complexity index is 482. The fourth-order valence-corrected chi connectivity index (χ4v) is 1.21. The fourth-order valence-electron chi connectivity index (χ4n) is 1.21. The van der Waals surface area contributed by atoms with Gasteiger partial charge in [0, 0.05) is 6.54 Å². The number of hydrogen-bond acceptors (Lipinski definition) is 3. The Labute approximate surface area is 96.2 Å². The van der Waals surface area contributed by atoms with E-state index in [0.717, 1.165) is 5.56 Å². The average Bonchev–Trinajstić information content (AvgIpc) is 2.81. The highest BCUT2D eigenvalue weighted by Crippen LogP contribution is 2.02. The van der Waals surface area contributed by atoms with Crippen LogP contribution >= 0.6 is 0 Å². The molecule has 0 unspecified atom stereocenters. The molecule has 1 aromatic carbocycles. The number of benzene rings is 1. The maximum atomic E-state index is 12.6. The lowest BCUT2D eigenvalue weighted by molar-refractivity contribution is 0.251. The Hall–Kier alpha value is -2.44. The van der Waals surface area contributed by atoms with E-state index in [0.29, 0.717) is 12.4 Å². The molecule has 2 amide bonds. The second kappa shape index (κ2) is 5.06. The summed E-state index contributed by atoms with van der Waals surface area (Å²) in [6.07, 6.45) is 1.39. The van der Waals surface area contributed by atoms with Crippen LogP contribution in [0.15, 0.2) is 30.5 Å². The summed E-state index contributed by atoms with van der Waals surface area (Å²) in [4.78, 5) is 11.4. The van der Waals surface area contributed by atoms with E-state index < -0.39 is 6.03 Å². The Morgan fingerprint density at radius 2 is 2.12 bits per heavy atom. The molecule has 0 aliphatic carbocycles. The minimum Gasteiger partial charge on any atom is -0.334 e. The van der Waals surface area contributed by atoms with Crippen molar-refractivity contribution in [3.63, 3.8) is 0 Å². The number of H-pyrrole nitrogens is 1. The highest BCUT2D eigenvalue weighted by atomic mass is 19.1. The lowest BCUT2D eigenvalue weighted by atomic mass is 10.2. The van der Waals surface area contributed by atoms with Crippen LogP contribution in [0.1, 0.15) is 5.56 Å². The zero-order chi connectivity index (χ0) is 12.1. The van der Waals surface area contributed by atoms with Crippen molar-refractivity contribution in [2.75, 3.05) is 5.32 Å². The van der Waals surface area contributed by atoms with Gasteiger partial charge in [-0.05, 0) is 17.7 Å². The number of hydrogen-bond donors (Lipinski definition) is 3. The first-order valence-corrected chi connectivity index (χ1v) is 4.89. The summed E-state index contributed by atoms with van der Waals surface area (Å²) in [7, 11) is 0. The molecule has 2 rings (SSSR count). The number of amides is 2. The number of carbonyl (C=O) groups is 1. The molecule has 0 saturated carbocycles. The van der Waals surface area contributed by atoms with Gasteiger partial charge in [-0.3, -0.25) is 5.32 Å². The molecule has 1 aromatic heterocycles. The van der Waals surface area contributed by atoms with Gasteiger partial charge in [-0.1, -0.05) is 12.1 Å². The van der Waals surface area contributed by atoms with Crippen molar-refractivity contribution in [3.8, 4) is 0 Å². The molecule has 0 bridgehead atoms. The molecule has 88 valence electrons. The maximum absolute atomic E-state index is 12.6. The van der Waals surface area contributed by atoms with Gasteiger partial charge in [0.05, 0.1) is 6.20 Å². The predicted octanol–water partition coefficient (Wildman–Crippen LogP) is 1.27. The number of aromatic nitrogens is 3. The van der Waals surface area contributed by atoms with Crippen molar-refractivity contribution in [1.82, 2.24) is 20.7 Å². The van der Waals surface area contributed by atoms with Gasteiger partial charge in [0.25, 0.3) is 0 Å². The number of anilines is 1. The highest BCUT2D eigenvalue weighted by Gasteiger charge is 2.03. The number of nitrogens with one attached hydrogen (secondary N) is 3. The molecule has 0 saturated heterocycles. The van der Waals surface area contributed by atoms with Crippen molar-refractivity contribution in [2.45, 2.75) is 6.54 Å². The van der Waals surface area contributed by atoms with Crippen LogP contribution in [0.5, 0.6) is 0 Å². The highest BCUT2D eigenvalue weighted by molar-refractivity contribution is 5.87. The Kier molecular flexibility index (Phi) is 3.29. The topological polar surface area (TPSA) is 82.7 Å². The van der Waals surface area contributed by atoms with E-state index in [1.165, 1.54) is 18.3 Å². The monoisotopic (exact) mass is 235 g/mol. The first-order valence-electron chi connectivity index (χ1n) is 4.89. The summed E-state index contributed by atoms with van der Waals surface area (Å²) >= 11 is 0. The largest absolute Gasteiger partial charge is 0.334 e. The molecule has 0 aliphatic rings. The molecule has 1 heterocycles. The summed E-state index contributed by atoms with van der Waals surface area (Å²) in [5.74, 6) is 0.0300. The van der Waals surface area contributed by atoms with E-state index in [9.17, 15) is 9.18 Å². The number of aromatic amines is 1. The van der Waals surface area contributed by atoms with E-state index >= 15 is 0 Å². The molecule has 2 aromatic rings. The van der Waals surface area contributed by atoms with Gasteiger partial charge in [0.2, 0.25) is 0 Å². The van der Waals surface area contributed by atoms with Crippen LogP contribution in [0.2, 0.25) is 0 Å². The maximum Gasteiger partial charge on any atom is 0.320 e. The summed E-state index contributed by atoms with van der Waals surface area (Å²) in [5, 5.41) is 14.7. The Morgan fingerprint density at radius 3 is 2.76 bits per heavy atom. The molecular weight excluding hydrogens is 225 g/mol. The number of rotatable bonds is 3. The summed E-state index contributed by atoms with van der Waals surface area (Å²) < 4.78 is 12.6. The van der Waals surface area contributed by atoms with Crippen molar-refractivity contribution < 1.29 is 9.18 Å². The van der Waals surface area contributed by atoms with Crippen molar-refractivity contribution in [3.05, 3.63) is 41.8 Å². The van der Waals surface area contributed by atoms with Gasteiger partial charge in [0.15, 0.2) is 5.82 Å². The summed E-state index contributed by atoms with van der Waals surface area (Å²) in [6, 6.07) is 5.49. The van der Waals surface area contributed by atoms with Crippen molar-refractivity contribution in [2.24, 2.45) is 0 Å². The van der Waals surface area contributed by atoms with Gasteiger partial charge in [-0.25, -0.2) is 9.18 Å². The molecular formula is C10H10FN5O. The molecule has 0 fully saturated rings. The molecule has 7 heteroatoms. The van der Waals surface area contributed by atoms with Crippen molar-refractivity contribution in [1.29, 1.82) is 0 Å². The quantitative estimate of drug-likeness (QED) is 0.749. The number of nitrogens with zero attached hydrogens (tertiary/aromatic N) is 2. The number of urea groups is 1. The fraction of sp³-hybridized carbons (Fsp3) is 0.100. The van der Waals surface area contributed by atoms with Gasteiger partial charge >= 0.3 is 6.03 Å². The second-order valence-electron chi connectivity index (χ2n) is 3.29. The van der Waals surface area contributed by atoms with E-state index in [1.54, 1.807) is 12.1 Å². The minimum absolute atomic E-state index is 0.305. The predicted molar refractivity (Wildman–Crippen MR) is 58.6 cm³/mol. The van der Waals surface area contributed by atoms with Crippen LogP contribution in [-0.2, 0) is 6.54 Å². The molecule has 0 atom stereocenters. The Morgan fingerprint density at radius 1 is 1.35 bits per heavy atom. The SMILES string of the molecule is O=C(NCc1ccc(F)cc1)Nc1cn[nH]n1. The number of carbonyl (C=O) groups excluding carboxylic acids is 1. The standard InChI is InChI=1S/C10H10FN5O/c11-8-3-1-7(2-4-8)5-12-10(17)14-9-6-13-16-15-9/h1-4,6H,5H2,(H3,12,13,14,15,16,17). The molecule has 6 nitrogen and oxygen atoms in total. The molecule has 0 spiro atoms. The summed E-state index contributed by atoms with van der Waals surface area (Å²) in [5.41, 5.74) is 0.807. The third kappa shape index (κ3) is 3.26. The van der Waals surface area contributed by atoms with Gasteiger partial charge < -0.3 is 5.32 Å². The van der Waals surface area contributed by atoms with Gasteiger partial charge in [0.1, 0.15) is 5.82 Å². The van der Waals surface area contributed by atoms with Crippen LogP contribution < -0.4 is 10.6 Å².